The first-order valence-corrected chi connectivity index (χ1v) is 6.77. The SMILES string of the molecule is CCOC1OCC(OC(OCC(C)O)C(O)O)C(O)C1O. The summed E-state index contributed by atoms with van der Waals surface area (Å²) in [4.78, 5) is 0. The molecule has 1 rings (SSSR count). The molecule has 0 spiro atoms. The van der Waals surface area contributed by atoms with Gasteiger partial charge in [0.2, 0.25) is 12.6 Å². The molecular weight excluding hydrogens is 288 g/mol. The molecule has 0 amide bonds. The van der Waals surface area contributed by atoms with E-state index in [9.17, 15) is 10.2 Å². The van der Waals surface area contributed by atoms with Crippen LogP contribution in [0.25, 0.3) is 0 Å². The maximum atomic E-state index is 9.94. The highest BCUT2D eigenvalue weighted by Gasteiger charge is 2.41. The first kappa shape index (κ1) is 18.7. The zero-order valence-electron chi connectivity index (χ0n) is 12.0. The standard InChI is InChI=1S/C12H24O9/c1-3-18-11-9(15)8(14)7(5-20-11)21-12(10(16)17)19-4-6(2)13/h6-17H,3-5H2,1-2H3. The van der Waals surface area contributed by atoms with Gasteiger partial charge in [0.25, 0.3) is 0 Å². The summed E-state index contributed by atoms with van der Waals surface area (Å²) in [7, 11) is 0. The summed E-state index contributed by atoms with van der Waals surface area (Å²) in [5, 5.41) is 47.2. The molecule has 126 valence electrons. The lowest BCUT2D eigenvalue weighted by Gasteiger charge is -2.38. The Morgan fingerprint density at radius 2 is 1.86 bits per heavy atom. The van der Waals surface area contributed by atoms with Crippen LogP contribution in [0.5, 0.6) is 0 Å². The van der Waals surface area contributed by atoms with Crippen LogP contribution in [0.4, 0.5) is 0 Å². The molecule has 1 fully saturated rings. The molecule has 0 saturated carbocycles. The third-order valence-electron chi connectivity index (χ3n) is 2.82. The lowest BCUT2D eigenvalue weighted by molar-refractivity contribution is -0.326. The van der Waals surface area contributed by atoms with Crippen LogP contribution in [0.2, 0.25) is 0 Å². The smallest absolute Gasteiger partial charge is 0.209 e. The Morgan fingerprint density at radius 1 is 1.19 bits per heavy atom. The van der Waals surface area contributed by atoms with Gasteiger partial charge in [-0.05, 0) is 13.8 Å². The highest BCUT2D eigenvalue weighted by Crippen LogP contribution is 2.21. The molecule has 1 saturated heterocycles. The monoisotopic (exact) mass is 312 g/mol. The van der Waals surface area contributed by atoms with E-state index >= 15 is 0 Å². The molecule has 0 radical (unpaired) electrons. The van der Waals surface area contributed by atoms with E-state index < -0.39 is 43.3 Å². The van der Waals surface area contributed by atoms with Gasteiger partial charge < -0.3 is 44.5 Å². The zero-order valence-corrected chi connectivity index (χ0v) is 12.0. The van der Waals surface area contributed by atoms with Crippen LogP contribution < -0.4 is 0 Å². The van der Waals surface area contributed by atoms with E-state index in [0.29, 0.717) is 6.61 Å². The van der Waals surface area contributed by atoms with Crippen molar-refractivity contribution in [2.24, 2.45) is 0 Å². The van der Waals surface area contributed by atoms with Crippen LogP contribution in [0.3, 0.4) is 0 Å². The number of aliphatic hydroxyl groups is 5. The fourth-order valence-electron chi connectivity index (χ4n) is 1.80. The number of ether oxygens (including phenoxy) is 4. The van der Waals surface area contributed by atoms with Crippen LogP contribution >= 0.6 is 0 Å². The summed E-state index contributed by atoms with van der Waals surface area (Å²) in [5.74, 6) is 0. The molecule has 0 aromatic heterocycles. The molecule has 9 nitrogen and oxygen atoms in total. The number of hydrogen-bond acceptors (Lipinski definition) is 9. The molecule has 6 atom stereocenters. The van der Waals surface area contributed by atoms with Gasteiger partial charge in [-0.2, -0.15) is 0 Å². The summed E-state index contributed by atoms with van der Waals surface area (Å²) in [5.41, 5.74) is 0. The van der Waals surface area contributed by atoms with Crippen LogP contribution in [-0.2, 0) is 18.9 Å². The minimum atomic E-state index is -1.97. The van der Waals surface area contributed by atoms with E-state index in [0.717, 1.165) is 0 Å². The summed E-state index contributed by atoms with van der Waals surface area (Å²) >= 11 is 0. The van der Waals surface area contributed by atoms with Crippen molar-refractivity contribution < 1.29 is 44.5 Å². The third-order valence-corrected chi connectivity index (χ3v) is 2.82. The van der Waals surface area contributed by atoms with Gasteiger partial charge in [0.15, 0.2) is 6.29 Å². The highest BCUT2D eigenvalue weighted by atomic mass is 16.7. The molecule has 0 aliphatic carbocycles. The van der Waals surface area contributed by atoms with Gasteiger partial charge >= 0.3 is 0 Å². The lowest BCUT2D eigenvalue weighted by atomic mass is 10.1. The third kappa shape index (κ3) is 5.74. The average Bonchev–Trinajstić information content (AvgIpc) is 2.41. The quantitative estimate of drug-likeness (QED) is 0.308. The molecule has 1 aliphatic heterocycles. The largest absolute Gasteiger partial charge is 0.391 e. The molecule has 5 N–H and O–H groups in total. The molecule has 0 aromatic carbocycles. The van der Waals surface area contributed by atoms with Crippen molar-refractivity contribution in [2.75, 3.05) is 19.8 Å². The molecule has 1 aliphatic rings. The molecule has 0 bridgehead atoms. The summed E-state index contributed by atoms with van der Waals surface area (Å²) < 4.78 is 20.5. The predicted molar refractivity (Wildman–Crippen MR) is 67.9 cm³/mol. The van der Waals surface area contributed by atoms with Gasteiger partial charge in [0, 0.05) is 6.61 Å². The van der Waals surface area contributed by atoms with E-state index in [1.807, 2.05) is 0 Å². The van der Waals surface area contributed by atoms with E-state index in [-0.39, 0.29) is 13.2 Å². The fraction of sp³-hybridized carbons (Fsp3) is 1.00. The highest BCUT2D eigenvalue weighted by molar-refractivity contribution is 4.84. The molecule has 9 heteroatoms. The molecule has 6 unspecified atom stereocenters. The minimum Gasteiger partial charge on any atom is -0.391 e. The predicted octanol–water partition coefficient (Wildman–Crippen LogP) is -2.48. The number of hydrogen-bond donors (Lipinski definition) is 5. The van der Waals surface area contributed by atoms with Gasteiger partial charge in [-0.3, -0.25) is 0 Å². The van der Waals surface area contributed by atoms with Crippen molar-refractivity contribution in [1.29, 1.82) is 0 Å². The second-order valence-electron chi connectivity index (χ2n) is 4.78. The molecule has 1 heterocycles. The molecule has 0 aromatic rings. The zero-order chi connectivity index (χ0) is 16.0. The summed E-state index contributed by atoms with van der Waals surface area (Å²) in [6.45, 7) is 3.17. The first-order valence-electron chi connectivity index (χ1n) is 6.77. The summed E-state index contributed by atoms with van der Waals surface area (Å²) in [6, 6.07) is 0. The minimum absolute atomic E-state index is 0.121. The Morgan fingerprint density at radius 3 is 2.38 bits per heavy atom. The van der Waals surface area contributed by atoms with Gasteiger partial charge in [0.1, 0.15) is 18.3 Å². The fourth-order valence-corrected chi connectivity index (χ4v) is 1.80. The second-order valence-corrected chi connectivity index (χ2v) is 4.78. The summed E-state index contributed by atoms with van der Waals surface area (Å²) in [6.07, 6.45) is -8.96. The van der Waals surface area contributed by atoms with Crippen molar-refractivity contribution in [3.05, 3.63) is 0 Å². The van der Waals surface area contributed by atoms with Crippen molar-refractivity contribution in [3.8, 4) is 0 Å². The number of aliphatic hydroxyl groups excluding tert-OH is 4. The van der Waals surface area contributed by atoms with Crippen molar-refractivity contribution in [1.82, 2.24) is 0 Å². The van der Waals surface area contributed by atoms with Crippen molar-refractivity contribution in [3.63, 3.8) is 0 Å². The van der Waals surface area contributed by atoms with Gasteiger partial charge in [-0.25, -0.2) is 0 Å². The number of rotatable bonds is 8. The van der Waals surface area contributed by atoms with E-state index in [4.69, 9.17) is 34.3 Å². The van der Waals surface area contributed by atoms with Crippen molar-refractivity contribution >= 4 is 0 Å². The normalized spacial score (nSPS) is 33.1. The first-order chi connectivity index (χ1) is 9.86. The topological polar surface area (TPSA) is 138 Å². The van der Waals surface area contributed by atoms with E-state index in [2.05, 4.69) is 0 Å². The lowest BCUT2D eigenvalue weighted by Crippen LogP contribution is -2.56. The molecular formula is C12H24O9. The van der Waals surface area contributed by atoms with Gasteiger partial charge in [-0.15, -0.1) is 0 Å². The molecule has 21 heavy (non-hydrogen) atoms. The van der Waals surface area contributed by atoms with E-state index in [1.165, 1.54) is 6.92 Å². The average molecular weight is 312 g/mol. The van der Waals surface area contributed by atoms with Crippen LogP contribution in [0, 0.1) is 0 Å². The Bertz CT molecular complexity index is 286. The van der Waals surface area contributed by atoms with Crippen LogP contribution in [-0.4, -0.2) is 88.6 Å². The van der Waals surface area contributed by atoms with Gasteiger partial charge in [-0.1, -0.05) is 0 Å². The van der Waals surface area contributed by atoms with Crippen LogP contribution in [0.15, 0.2) is 0 Å². The Kier molecular flexibility index (Phi) is 7.95. The Balaban J connectivity index is 2.55. The van der Waals surface area contributed by atoms with E-state index in [1.54, 1.807) is 6.92 Å². The Labute approximate surface area is 122 Å². The maximum Gasteiger partial charge on any atom is 0.209 e. The van der Waals surface area contributed by atoms with Gasteiger partial charge in [0.05, 0.1) is 19.3 Å². The second kappa shape index (κ2) is 8.93. The maximum absolute atomic E-state index is 9.94. The van der Waals surface area contributed by atoms with Crippen molar-refractivity contribution in [2.45, 2.75) is 57.1 Å². The van der Waals surface area contributed by atoms with Crippen LogP contribution in [0.1, 0.15) is 13.8 Å². The Hall–Kier alpha value is -0.360.